The van der Waals surface area contributed by atoms with Gasteiger partial charge < -0.3 is 19.1 Å². The number of para-hydroxylation sites is 1. The zero-order valence-electron chi connectivity index (χ0n) is 15.2. The minimum absolute atomic E-state index is 0.0152. The van der Waals surface area contributed by atoms with Gasteiger partial charge >= 0.3 is 0 Å². The van der Waals surface area contributed by atoms with Crippen LogP contribution in [0.4, 0.5) is 0 Å². The highest BCUT2D eigenvalue weighted by Crippen LogP contribution is 2.41. The molecule has 0 saturated carbocycles. The van der Waals surface area contributed by atoms with Gasteiger partial charge in [-0.3, -0.25) is 4.79 Å². The number of thioether (sulfide) groups is 1. The average molecular weight is 373 g/mol. The first-order valence-electron chi connectivity index (χ1n) is 8.49. The average Bonchev–Trinajstić information content (AvgIpc) is 3.17. The third kappa shape index (κ3) is 3.90. The molecule has 2 atom stereocenters. The van der Waals surface area contributed by atoms with Crippen LogP contribution in [0.1, 0.15) is 17.9 Å². The van der Waals surface area contributed by atoms with Gasteiger partial charge in [-0.1, -0.05) is 24.3 Å². The molecule has 0 bridgehead atoms. The van der Waals surface area contributed by atoms with Crippen molar-refractivity contribution in [1.29, 1.82) is 0 Å². The number of carbonyl (C=O) groups excluding carboxylic acids is 1. The predicted octanol–water partition coefficient (Wildman–Crippen LogP) is 3.75. The maximum Gasteiger partial charge on any atom is 0.264 e. The predicted molar refractivity (Wildman–Crippen MR) is 103 cm³/mol. The molecule has 26 heavy (non-hydrogen) atoms. The largest absolute Gasteiger partial charge is 0.493 e. The number of amides is 1. The van der Waals surface area contributed by atoms with E-state index in [0.717, 1.165) is 11.3 Å². The number of hydrogen-bond acceptors (Lipinski definition) is 5. The lowest BCUT2D eigenvalue weighted by molar-refractivity contribution is -0.138. The summed E-state index contributed by atoms with van der Waals surface area (Å²) in [6.45, 7) is 2.50. The molecule has 2 unspecified atom stereocenters. The molecule has 6 heteroatoms. The molecule has 1 heterocycles. The SMILES string of the molecule is COc1ccc(C2SCCN2C(=O)C(C)Oc2ccccc2)cc1OC. The molecule has 1 aliphatic heterocycles. The summed E-state index contributed by atoms with van der Waals surface area (Å²) >= 11 is 1.74. The molecule has 0 aromatic heterocycles. The molecular weight excluding hydrogens is 350 g/mol. The monoisotopic (exact) mass is 373 g/mol. The van der Waals surface area contributed by atoms with Gasteiger partial charge in [-0.05, 0) is 36.8 Å². The first-order valence-corrected chi connectivity index (χ1v) is 9.54. The minimum atomic E-state index is -0.543. The molecule has 1 fully saturated rings. The van der Waals surface area contributed by atoms with E-state index >= 15 is 0 Å². The van der Waals surface area contributed by atoms with Crippen LogP contribution in [0.5, 0.6) is 17.2 Å². The maximum atomic E-state index is 12.9. The van der Waals surface area contributed by atoms with Crippen LogP contribution in [-0.4, -0.2) is 43.4 Å². The van der Waals surface area contributed by atoms with E-state index in [1.54, 1.807) is 32.9 Å². The lowest BCUT2D eigenvalue weighted by atomic mass is 10.1. The first kappa shape index (κ1) is 18.5. The molecule has 138 valence electrons. The van der Waals surface area contributed by atoms with Crippen molar-refractivity contribution in [2.75, 3.05) is 26.5 Å². The molecule has 0 radical (unpaired) electrons. The molecule has 1 amide bonds. The van der Waals surface area contributed by atoms with E-state index < -0.39 is 6.10 Å². The van der Waals surface area contributed by atoms with Crippen LogP contribution >= 0.6 is 11.8 Å². The van der Waals surface area contributed by atoms with Gasteiger partial charge in [0.05, 0.1) is 14.2 Å². The molecule has 0 aliphatic carbocycles. The number of nitrogens with zero attached hydrogens (tertiary/aromatic N) is 1. The third-order valence-electron chi connectivity index (χ3n) is 4.27. The summed E-state index contributed by atoms with van der Waals surface area (Å²) in [4.78, 5) is 14.8. The van der Waals surface area contributed by atoms with Crippen LogP contribution in [0.25, 0.3) is 0 Å². The summed E-state index contributed by atoms with van der Waals surface area (Å²) in [6, 6.07) is 15.2. The fraction of sp³-hybridized carbons (Fsp3) is 0.350. The van der Waals surface area contributed by atoms with Gasteiger partial charge in [0, 0.05) is 12.3 Å². The minimum Gasteiger partial charge on any atom is -0.493 e. The lowest BCUT2D eigenvalue weighted by Crippen LogP contribution is -2.40. The number of benzene rings is 2. The van der Waals surface area contributed by atoms with Crippen molar-refractivity contribution < 1.29 is 19.0 Å². The number of rotatable bonds is 6. The number of methoxy groups -OCH3 is 2. The summed E-state index contributed by atoms with van der Waals surface area (Å²) in [5.74, 6) is 2.92. The second-order valence-corrected chi connectivity index (χ2v) is 7.13. The molecule has 3 rings (SSSR count). The highest BCUT2D eigenvalue weighted by Gasteiger charge is 2.34. The molecule has 2 aromatic carbocycles. The first-order chi connectivity index (χ1) is 12.6. The highest BCUT2D eigenvalue weighted by molar-refractivity contribution is 7.99. The third-order valence-corrected chi connectivity index (χ3v) is 5.53. The zero-order valence-corrected chi connectivity index (χ0v) is 16.0. The standard InChI is InChI=1S/C20H23NO4S/c1-14(25-16-7-5-4-6-8-16)19(22)21-11-12-26-20(21)15-9-10-17(23-2)18(13-15)24-3/h4-10,13-14,20H,11-12H2,1-3H3. The van der Waals surface area contributed by atoms with Crippen molar-refractivity contribution in [2.24, 2.45) is 0 Å². The fourth-order valence-electron chi connectivity index (χ4n) is 2.97. The Morgan fingerprint density at radius 3 is 2.54 bits per heavy atom. The summed E-state index contributed by atoms with van der Waals surface area (Å²) < 4.78 is 16.5. The summed E-state index contributed by atoms with van der Waals surface area (Å²) in [7, 11) is 3.22. The molecule has 2 aromatic rings. The molecule has 1 aliphatic rings. The van der Waals surface area contributed by atoms with E-state index in [4.69, 9.17) is 14.2 Å². The van der Waals surface area contributed by atoms with Gasteiger partial charge in [0.25, 0.3) is 5.91 Å². The highest BCUT2D eigenvalue weighted by atomic mass is 32.2. The molecule has 0 N–H and O–H groups in total. The van der Waals surface area contributed by atoms with Crippen molar-refractivity contribution >= 4 is 17.7 Å². The quantitative estimate of drug-likeness (QED) is 0.772. The Kier molecular flexibility index (Phi) is 5.93. The van der Waals surface area contributed by atoms with Gasteiger partial charge in [-0.25, -0.2) is 0 Å². The Morgan fingerprint density at radius 2 is 1.85 bits per heavy atom. The van der Waals surface area contributed by atoms with Crippen molar-refractivity contribution in [2.45, 2.75) is 18.4 Å². The Morgan fingerprint density at radius 1 is 1.12 bits per heavy atom. The smallest absolute Gasteiger partial charge is 0.264 e. The van der Waals surface area contributed by atoms with Gasteiger partial charge in [-0.2, -0.15) is 0 Å². The summed E-state index contributed by atoms with van der Waals surface area (Å²) in [5.41, 5.74) is 1.02. The fourth-order valence-corrected chi connectivity index (χ4v) is 4.22. The second-order valence-electron chi connectivity index (χ2n) is 5.94. The Bertz CT molecular complexity index is 753. The number of hydrogen-bond donors (Lipinski definition) is 0. The van der Waals surface area contributed by atoms with Gasteiger partial charge in [0.2, 0.25) is 0 Å². The van der Waals surface area contributed by atoms with E-state index in [1.807, 2.05) is 53.4 Å². The van der Waals surface area contributed by atoms with E-state index in [2.05, 4.69) is 0 Å². The summed E-state index contributed by atoms with van der Waals surface area (Å²) in [5, 5.41) is -0.0517. The molecule has 1 saturated heterocycles. The van der Waals surface area contributed by atoms with Crippen molar-refractivity contribution in [3.05, 3.63) is 54.1 Å². The van der Waals surface area contributed by atoms with Crippen molar-refractivity contribution in [3.63, 3.8) is 0 Å². The molecule has 5 nitrogen and oxygen atoms in total. The van der Waals surface area contributed by atoms with E-state index in [1.165, 1.54) is 0 Å². The zero-order chi connectivity index (χ0) is 18.5. The van der Waals surface area contributed by atoms with Gasteiger partial charge in [-0.15, -0.1) is 11.8 Å². The maximum absolute atomic E-state index is 12.9. The van der Waals surface area contributed by atoms with E-state index in [9.17, 15) is 4.79 Å². The van der Waals surface area contributed by atoms with E-state index in [-0.39, 0.29) is 11.3 Å². The van der Waals surface area contributed by atoms with E-state index in [0.29, 0.717) is 23.8 Å². The second kappa shape index (κ2) is 8.36. The Hall–Kier alpha value is -2.34. The molecule has 0 spiro atoms. The van der Waals surface area contributed by atoms with Crippen LogP contribution in [0, 0.1) is 0 Å². The van der Waals surface area contributed by atoms with Crippen LogP contribution < -0.4 is 14.2 Å². The topological polar surface area (TPSA) is 48.0 Å². The van der Waals surface area contributed by atoms with Crippen molar-refractivity contribution in [3.8, 4) is 17.2 Å². The van der Waals surface area contributed by atoms with Crippen molar-refractivity contribution in [1.82, 2.24) is 4.90 Å². The number of carbonyl (C=O) groups is 1. The Labute approximate surface area is 158 Å². The van der Waals surface area contributed by atoms with Crippen LogP contribution in [0.3, 0.4) is 0 Å². The Balaban J connectivity index is 1.76. The van der Waals surface area contributed by atoms with Crippen LogP contribution in [0.2, 0.25) is 0 Å². The number of ether oxygens (including phenoxy) is 3. The van der Waals surface area contributed by atoms with Gasteiger partial charge in [0.1, 0.15) is 11.1 Å². The normalized spacial score (nSPS) is 17.7. The van der Waals surface area contributed by atoms with Crippen LogP contribution in [-0.2, 0) is 4.79 Å². The summed E-state index contributed by atoms with van der Waals surface area (Å²) in [6.07, 6.45) is -0.543. The van der Waals surface area contributed by atoms with Gasteiger partial charge in [0.15, 0.2) is 17.6 Å². The lowest BCUT2D eigenvalue weighted by Gasteiger charge is -2.27. The molecular formula is C20H23NO4S. The van der Waals surface area contributed by atoms with Crippen LogP contribution in [0.15, 0.2) is 48.5 Å².